The number of hydrogen-bond donors (Lipinski definition) is 1. The maximum atomic E-state index is 12.4. The van der Waals surface area contributed by atoms with Crippen molar-refractivity contribution < 1.29 is 4.79 Å². The van der Waals surface area contributed by atoms with E-state index in [1.807, 2.05) is 41.2 Å². The van der Waals surface area contributed by atoms with Gasteiger partial charge in [0.1, 0.15) is 0 Å². The predicted molar refractivity (Wildman–Crippen MR) is 100 cm³/mol. The van der Waals surface area contributed by atoms with Crippen molar-refractivity contribution in [1.29, 1.82) is 0 Å². The van der Waals surface area contributed by atoms with Gasteiger partial charge in [0.15, 0.2) is 0 Å². The van der Waals surface area contributed by atoms with Crippen molar-refractivity contribution >= 4 is 11.6 Å². The molecule has 1 N–H and O–H groups in total. The molecule has 25 heavy (non-hydrogen) atoms. The van der Waals surface area contributed by atoms with Crippen LogP contribution >= 0.6 is 0 Å². The highest BCUT2D eigenvalue weighted by molar-refractivity contribution is 5.92. The molecule has 0 aliphatic carbocycles. The summed E-state index contributed by atoms with van der Waals surface area (Å²) in [4.78, 5) is 14.8. The smallest absolute Gasteiger partial charge is 0.227 e. The van der Waals surface area contributed by atoms with Crippen molar-refractivity contribution in [2.75, 3.05) is 18.4 Å². The average molecular weight is 340 g/mol. The van der Waals surface area contributed by atoms with Gasteiger partial charge in [0.2, 0.25) is 5.91 Å². The first-order valence-electron chi connectivity index (χ1n) is 9.04. The molecule has 5 heteroatoms. The number of rotatable bonds is 4. The molecule has 1 aromatic carbocycles. The van der Waals surface area contributed by atoms with Crippen LogP contribution in [0.5, 0.6) is 0 Å². The first-order chi connectivity index (χ1) is 11.9. The molecule has 0 radical (unpaired) electrons. The molecule has 1 aromatic heterocycles. The fourth-order valence-electron chi connectivity index (χ4n) is 3.19. The third-order valence-corrected chi connectivity index (χ3v) is 4.73. The molecule has 0 saturated carbocycles. The molecule has 134 valence electrons. The van der Waals surface area contributed by atoms with E-state index in [1.165, 1.54) is 5.56 Å². The lowest BCUT2D eigenvalue weighted by Gasteiger charge is -2.31. The summed E-state index contributed by atoms with van der Waals surface area (Å²) in [5.74, 6) is 0.250. The maximum Gasteiger partial charge on any atom is 0.227 e. The van der Waals surface area contributed by atoms with Gasteiger partial charge in [-0.25, -0.2) is 0 Å². The molecular weight excluding hydrogens is 312 g/mol. The van der Waals surface area contributed by atoms with Crippen molar-refractivity contribution in [3.63, 3.8) is 0 Å². The van der Waals surface area contributed by atoms with Crippen LogP contribution in [0, 0.1) is 5.92 Å². The Morgan fingerprint density at radius 2 is 1.88 bits per heavy atom. The van der Waals surface area contributed by atoms with Gasteiger partial charge in [0, 0.05) is 29.9 Å². The molecule has 2 heterocycles. The molecule has 1 aliphatic rings. The van der Waals surface area contributed by atoms with Crippen LogP contribution in [0.25, 0.3) is 0 Å². The quantitative estimate of drug-likeness (QED) is 0.927. The molecule has 5 nitrogen and oxygen atoms in total. The molecule has 1 fully saturated rings. The number of piperidine rings is 1. The third-order valence-electron chi connectivity index (χ3n) is 4.73. The highest BCUT2D eigenvalue weighted by atomic mass is 16.1. The van der Waals surface area contributed by atoms with E-state index in [0.29, 0.717) is 0 Å². The Bertz CT molecular complexity index is 694. The van der Waals surface area contributed by atoms with Crippen LogP contribution in [0.4, 0.5) is 5.69 Å². The SMILES string of the molecule is CC(C)(C)n1cc(CN2CCC(C(=O)Nc3ccccc3)CC2)cn1. The summed E-state index contributed by atoms with van der Waals surface area (Å²) in [6.45, 7) is 9.27. The second kappa shape index (κ2) is 7.40. The lowest BCUT2D eigenvalue weighted by atomic mass is 9.95. The number of anilines is 1. The van der Waals surface area contributed by atoms with Crippen molar-refractivity contribution in [3.8, 4) is 0 Å². The summed E-state index contributed by atoms with van der Waals surface area (Å²) >= 11 is 0. The number of likely N-dealkylation sites (tertiary alicyclic amines) is 1. The topological polar surface area (TPSA) is 50.2 Å². The standard InChI is InChI=1S/C20H28N4O/c1-20(2,3)24-15-16(13-21-24)14-23-11-9-17(10-12-23)19(25)22-18-7-5-4-6-8-18/h4-8,13,15,17H,9-12,14H2,1-3H3,(H,22,25). The van der Waals surface area contributed by atoms with Gasteiger partial charge in [-0.1, -0.05) is 18.2 Å². The van der Waals surface area contributed by atoms with E-state index in [0.717, 1.165) is 38.2 Å². The number of aromatic nitrogens is 2. The molecule has 1 amide bonds. The molecule has 0 unspecified atom stereocenters. The molecule has 1 saturated heterocycles. The second-order valence-corrected chi connectivity index (χ2v) is 7.87. The molecular formula is C20H28N4O. The van der Waals surface area contributed by atoms with Gasteiger partial charge in [-0.15, -0.1) is 0 Å². The summed E-state index contributed by atoms with van der Waals surface area (Å²) in [5.41, 5.74) is 2.13. The van der Waals surface area contributed by atoms with Crippen LogP contribution in [-0.2, 0) is 16.9 Å². The zero-order valence-corrected chi connectivity index (χ0v) is 15.4. The van der Waals surface area contributed by atoms with Crippen LogP contribution in [0.1, 0.15) is 39.2 Å². The molecule has 3 rings (SSSR count). The highest BCUT2D eigenvalue weighted by Gasteiger charge is 2.25. The Hall–Kier alpha value is -2.14. The van der Waals surface area contributed by atoms with Gasteiger partial charge in [0.05, 0.1) is 11.7 Å². The Kier molecular flexibility index (Phi) is 5.23. The normalized spacial score (nSPS) is 16.8. The van der Waals surface area contributed by atoms with Crippen molar-refractivity contribution in [2.45, 2.75) is 45.7 Å². The minimum Gasteiger partial charge on any atom is -0.326 e. The van der Waals surface area contributed by atoms with Crippen LogP contribution in [0.3, 0.4) is 0 Å². The minimum absolute atomic E-state index is 0.0147. The minimum atomic E-state index is 0.0147. The lowest BCUT2D eigenvalue weighted by Crippen LogP contribution is -2.37. The van der Waals surface area contributed by atoms with Crippen LogP contribution in [0.2, 0.25) is 0 Å². The number of nitrogens with zero attached hydrogens (tertiary/aromatic N) is 3. The van der Waals surface area contributed by atoms with Gasteiger partial charge >= 0.3 is 0 Å². The molecule has 0 spiro atoms. The third kappa shape index (κ3) is 4.69. The fourth-order valence-corrected chi connectivity index (χ4v) is 3.19. The van der Waals surface area contributed by atoms with E-state index in [1.54, 1.807) is 0 Å². The van der Waals surface area contributed by atoms with E-state index in [2.05, 4.69) is 42.3 Å². The van der Waals surface area contributed by atoms with E-state index in [4.69, 9.17) is 0 Å². The van der Waals surface area contributed by atoms with Gasteiger partial charge in [-0.2, -0.15) is 5.10 Å². The monoisotopic (exact) mass is 340 g/mol. The first kappa shape index (κ1) is 17.7. The summed E-state index contributed by atoms with van der Waals surface area (Å²) in [6.07, 6.45) is 5.91. The lowest BCUT2D eigenvalue weighted by molar-refractivity contribution is -0.121. The maximum absolute atomic E-state index is 12.4. The average Bonchev–Trinajstić information content (AvgIpc) is 3.05. The fraction of sp³-hybridized carbons (Fsp3) is 0.500. The van der Waals surface area contributed by atoms with Crippen molar-refractivity contribution in [2.24, 2.45) is 5.92 Å². The van der Waals surface area contributed by atoms with Gasteiger partial charge < -0.3 is 5.32 Å². The summed E-state index contributed by atoms with van der Waals surface area (Å²) < 4.78 is 2.02. The van der Waals surface area contributed by atoms with Crippen LogP contribution in [-0.4, -0.2) is 33.7 Å². The van der Waals surface area contributed by atoms with Crippen LogP contribution in [0.15, 0.2) is 42.7 Å². The zero-order chi connectivity index (χ0) is 17.9. The molecule has 1 aliphatic heterocycles. The summed E-state index contributed by atoms with van der Waals surface area (Å²) in [6, 6.07) is 9.70. The van der Waals surface area contributed by atoms with Crippen LogP contribution < -0.4 is 5.32 Å². The molecule has 2 aromatic rings. The Morgan fingerprint density at radius 1 is 1.20 bits per heavy atom. The molecule has 0 atom stereocenters. The Morgan fingerprint density at radius 3 is 2.48 bits per heavy atom. The summed E-state index contributed by atoms with van der Waals surface area (Å²) in [5, 5.41) is 7.49. The van der Waals surface area contributed by atoms with Gasteiger partial charge in [-0.3, -0.25) is 14.4 Å². The number of carbonyl (C=O) groups is 1. The van der Waals surface area contributed by atoms with Crippen molar-refractivity contribution in [3.05, 3.63) is 48.3 Å². The van der Waals surface area contributed by atoms with E-state index >= 15 is 0 Å². The van der Waals surface area contributed by atoms with E-state index < -0.39 is 0 Å². The second-order valence-electron chi connectivity index (χ2n) is 7.87. The highest BCUT2D eigenvalue weighted by Crippen LogP contribution is 2.21. The first-order valence-corrected chi connectivity index (χ1v) is 9.04. The Balaban J connectivity index is 1.48. The Labute approximate surface area is 150 Å². The number of hydrogen-bond acceptors (Lipinski definition) is 3. The number of benzene rings is 1. The number of para-hydroxylation sites is 1. The molecule has 0 bridgehead atoms. The summed E-state index contributed by atoms with van der Waals surface area (Å²) in [7, 11) is 0. The van der Waals surface area contributed by atoms with Gasteiger partial charge in [0.25, 0.3) is 0 Å². The zero-order valence-electron chi connectivity index (χ0n) is 15.4. The predicted octanol–water partition coefficient (Wildman–Crippen LogP) is 3.49. The van der Waals surface area contributed by atoms with E-state index in [9.17, 15) is 4.79 Å². The van der Waals surface area contributed by atoms with Gasteiger partial charge in [-0.05, 0) is 58.8 Å². The largest absolute Gasteiger partial charge is 0.326 e. The number of carbonyl (C=O) groups excluding carboxylic acids is 1. The number of nitrogens with one attached hydrogen (secondary N) is 1. The van der Waals surface area contributed by atoms with E-state index in [-0.39, 0.29) is 17.4 Å². The number of amides is 1. The van der Waals surface area contributed by atoms with Crippen molar-refractivity contribution in [1.82, 2.24) is 14.7 Å².